The van der Waals surface area contributed by atoms with E-state index in [0.717, 1.165) is 21.3 Å². The fourth-order valence-electron chi connectivity index (χ4n) is 2.90. The Morgan fingerprint density at radius 2 is 1.32 bits per heavy atom. The summed E-state index contributed by atoms with van der Waals surface area (Å²) in [6, 6.07) is 20.4. The molecule has 2 aliphatic rings. The molecule has 0 saturated carbocycles. The van der Waals surface area contributed by atoms with Crippen molar-refractivity contribution in [2.75, 3.05) is 0 Å². The fourth-order valence-corrected chi connectivity index (χ4v) is 3.31. The third-order valence-electron chi connectivity index (χ3n) is 4.28. The molecular weight excluding hydrogens is 424 g/mol. The largest absolute Gasteiger partial charge is 0.457 e. The molecule has 2 aliphatic heterocycles. The molecule has 2 heterocycles. The summed E-state index contributed by atoms with van der Waals surface area (Å²) in [5.74, 6) is 1.02. The number of cyclic esters (lactones) is 2. The lowest BCUT2D eigenvalue weighted by molar-refractivity contribution is 0.0526. The van der Waals surface area contributed by atoms with Gasteiger partial charge in [-0.05, 0) is 48.5 Å². The van der Waals surface area contributed by atoms with Gasteiger partial charge in [0.25, 0.3) is 0 Å². The molecule has 0 aliphatic carbocycles. The minimum Gasteiger partial charge on any atom is -0.457 e. The highest BCUT2D eigenvalue weighted by molar-refractivity contribution is 9.10. The molecule has 5 nitrogen and oxygen atoms in total. The highest BCUT2D eigenvalue weighted by atomic mass is 79.9. The molecule has 0 atom stereocenters. The summed E-state index contributed by atoms with van der Waals surface area (Å²) < 4.78 is 16.4. The van der Waals surface area contributed by atoms with Gasteiger partial charge in [0.05, 0.1) is 11.1 Å². The lowest BCUT2D eigenvalue weighted by Crippen LogP contribution is -1.93. The van der Waals surface area contributed by atoms with Gasteiger partial charge in [-0.2, -0.15) is 0 Å². The van der Waals surface area contributed by atoms with E-state index in [-0.39, 0.29) is 11.9 Å². The van der Waals surface area contributed by atoms with E-state index in [4.69, 9.17) is 14.2 Å². The van der Waals surface area contributed by atoms with Crippen LogP contribution in [0.4, 0.5) is 0 Å². The number of hydrogen-bond donors (Lipinski definition) is 0. The van der Waals surface area contributed by atoms with Crippen LogP contribution >= 0.6 is 15.9 Å². The molecule has 0 fully saturated rings. The Kier molecular flexibility index (Phi) is 5.12. The van der Waals surface area contributed by atoms with Gasteiger partial charge >= 0.3 is 11.9 Å². The Labute approximate surface area is 170 Å². The van der Waals surface area contributed by atoms with Crippen LogP contribution in [0.2, 0.25) is 0 Å². The minimum absolute atomic E-state index is 0.215. The molecular formula is C22H15BrO5. The molecule has 0 saturated heterocycles. The topological polar surface area (TPSA) is 61.8 Å². The average Bonchev–Trinajstić information content (AvgIpc) is 3.25. The second-order valence-corrected chi connectivity index (χ2v) is 7.10. The van der Waals surface area contributed by atoms with Crippen LogP contribution in [0.5, 0.6) is 11.5 Å². The highest BCUT2D eigenvalue weighted by Crippen LogP contribution is 2.27. The normalized spacial score (nSPS) is 13.6. The standard InChI is InChI=1S/C14H10O3.C8H5BrO2/c15-14-13-7-6-12(8-10(13)9-16-14)17-11-4-2-1-3-5-11;9-6-1-2-7-5(3-6)4-11-8(7)10/h1-8H,9H2;1-3H,4H2. The molecule has 0 bridgehead atoms. The third-order valence-corrected chi connectivity index (χ3v) is 4.77. The molecule has 0 spiro atoms. The van der Waals surface area contributed by atoms with Crippen molar-refractivity contribution in [3.8, 4) is 11.5 Å². The first-order chi connectivity index (χ1) is 13.6. The van der Waals surface area contributed by atoms with Crippen molar-refractivity contribution < 1.29 is 23.8 Å². The van der Waals surface area contributed by atoms with E-state index in [0.29, 0.717) is 30.1 Å². The Morgan fingerprint density at radius 1 is 0.714 bits per heavy atom. The van der Waals surface area contributed by atoms with E-state index < -0.39 is 0 Å². The number of carbonyl (C=O) groups excluding carboxylic acids is 2. The number of rotatable bonds is 2. The first-order valence-electron chi connectivity index (χ1n) is 8.58. The monoisotopic (exact) mass is 438 g/mol. The van der Waals surface area contributed by atoms with Crippen molar-refractivity contribution in [2.24, 2.45) is 0 Å². The van der Waals surface area contributed by atoms with Crippen LogP contribution in [0.15, 0.2) is 71.2 Å². The van der Waals surface area contributed by atoms with E-state index in [9.17, 15) is 9.59 Å². The number of benzene rings is 3. The summed E-state index contributed by atoms with van der Waals surface area (Å²) in [5, 5.41) is 0. The zero-order valence-corrected chi connectivity index (χ0v) is 16.3. The molecule has 6 heteroatoms. The van der Waals surface area contributed by atoms with Crippen molar-refractivity contribution in [2.45, 2.75) is 13.2 Å². The number of ether oxygens (including phenoxy) is 3. The summed E-state index contributed by atoms with van der Waals surface area (Å²) in [7, 11) is 0. The Morgan fingerprint density at radius 3 is 2.00 bits per heavy atom. The van der Waals surface area contributed by atoms with Crippen LogP contribution in [-0.2, 0) is 22.7 Å². The van der Waals surface area contributed by atoms with E-state index in [2.05, 4.69) is 15.9 Å². The second-order valence-electron chi connectivity index (χ2n) is 6.19. The van der Waals surface area contributed by atoms with E-state index in [1.54, 1.807) is 18.2 Å². The maximum Gasteiger partial charge on any atom is 0.338 e. The van der Waals surface area contributed by atoms with Gasteiger partial charge in [-0.25, -0.2) is 9.59 Å². The SMILES string of the molecule is O=C1OCc2cc(Br)ccc21.O=C1OCc2cc(Oc3ccccc3)ccc21. The van der Waals surface area contributed by atoms with Gasteiger partial charge in [-0.1, -0.05) is 34.1 Å². The van der Waals surface area contributed by atoms with Crippen LogP contribution < -0.4 is 4.74 Å². The molecule has 5 rings (SSSR count). The quantitative estimate of drug-likeness (QED) is 0.510. The van der Waals surface area contributed by atoms with Crippen LogP contribution in [-0.4, -0.2) is 11.9 Å². The summed E-state index contributed by atoms with van der Waals surface area (Å²) >= 11 is 3.32. The van der Waals surface area contributed by atoms with Crippen molar-refractivity contribution in [1.82, 2.24) is 0 Å². The lowest BCUT2D eigenvalue weighted by Gasteiger charge is -2.05. The molecule has 0 radical (unpaired) electrons. The molecule has 3 aromatic rings. The zero-order chi connectivity index (χ0) is 19.5. The van der Waals surface area contributed by atoms with Crippen LogP contribution in [0.1, 0.15) is 31.8 Å². The van der Waals surface area contributed by atoms with Gasteiger partial charge in [-0.3, -0.25) is 0 Å². The van der Waals surface area contributed by atoms with Gasteiger partial charge < -0.3 is 14.2 Å². The van der Waals surface area contributed by atoms with Gasteiger partial charge in [0, 0.05) is 15.6 Å². The van der Waals surface area contributed by atoms with Gasteiger partial charge in [0.2, 0.25) is 0 Å². The second kappa shape index (κ2) is 7.86. The van der Waals surface area contributed by atoms with Gasteiger partial charge in [-0.15, -0.1) is 0 Å². The zero-order valence-electron chi connectivity index (χ0n) is 14.7. The molecule has 140 valence electrons. The molecule has 3 aromatic carbocycles. The Hall–Kier alpha value is -3.12. The third kappa shape index (κ3) is 3.92. The smallest absolute Gasteiger partial charge is 0.338 e. The van der Waals surface area contributed by atoms with Crippen molar-refractivity contribution in [1.29, 1.82) is 0 Å². The first kappa shape index (κ1) is 18.3. The molecule has 28 heavy (non-hydrogen) atoms. The molecule has 0 aromatic heterocycles. The number of esters is 2. The average molecular weight is 439 g/mol. The number of halogens is 1. The van der Waals surface area contributed by atoms with Crippen molar-refractivity contribution in [3.05, 3.63) is 93.5 Å². The summed E-state index contributed by atoms with van der Waals surface area (Å²) in [6.07, 6.45) is 0. The van der Waals surface area contributed by atoms with E-state index in [1.807, 2.05) is 48.5 Å². The molecule has 0 unspecified atom stereocenters. The predicted octanol–water partition coefficient (Wildman–Crippen LogP) is 5.27. The summed E-state index contributed by atoms with van der Waals surface area (Å²) in [5.41, 5.74) is 3.16. The number of fused-ring (bicyclic) bond motifs is 2. The lowest BCUT2D eigenvalue weighted by atomic mass is 10.1. The van der Waals surface area contributed by atoms with Crippen molar-refractivity contribution >= 4 is 27.9 Å². The number of hydrogen-bond acceptors (Lipinski definition) is 5. The molecule has 0 amide bonds. The Balaban J connectivity index is 0.000000151. The van der Waals surface area contributed by atoms with E-state index in [1.165, 1.54) is 0 Å². The Bertz CT molecular complexity index is 1050. The van der Waals surface area contributed by atoms with Crippen LogP contribution in [0, 0.1) is 0 Å². The van der Waals surface area contributed by atoms with Gasteiger partial charge in [0.1, 0.15) is 24.7 Å². The van der Waals surface area contributed by atoms with Crippen LogP contribution in [0.25, 0.3) is 0 Å². The number of para-hydroxylation sites is 1. The van der Waals surface area contributed by atoms with Gasteiger partial charge in [0.15, 0.2) is 0 Å². The maximum atomic E-state index is 11.3. The fraction of sp³-hybridized carbons (Fsp3) is 0.0909. The summed E-state index contributed by atoms with van der Waals surface area (Å²) in [6.45, 7) is 0.744. The maximum absolute atomic E-state index is 11.3. The van der Waals surface area contributed by atoms with E-state index >= 15 is 0 Å². The van der Waals surface area contributed by atoms with Crippen molar-refractivity contribution in [3.63, 3.8) is 0 Å². The highest BCUT2D eigenvalue weighted by Gasteiger charge is 2.21. The minimum atomic E-state index is -0.258. The number of carbonyl (C=O) groups is 2. The van der Waals surface area contributed by atoms with Crippen LogP contribution in [0.3, 0.4) is 0 Å². The molecule has 0 N–H and O–H groups in total. The predicted molar refractivity (Wildman–Crippen MR) is 105 cm³/mol. The first-order valence-corrected chi connectivity index (χ1v) is 9.38. The summed E-state index contributed by atoms with van der Waals surface area (Å²) in [4.78, 5) is 22.2.